The fraction of sp³-hybridized carbons (Fsp3) is 0.467. The van der Waals surface area contributed by atoms with Gasteiger partial charge in [0, 0.05) is 19.9 Å². The van der Waals surface area contributed by atoms with Crippen LogP contribution in [-0.2, 0) is 11.8 Å². The average Bonchev–Trinajstić information content (AvgIpc) is 2.66. The van der Waals surface area contributed by atoms with Crippen LogP contribution in [0.4, 0.5) is 0 Å². The molecule has 1 heterocycles. The number of Topliss-reactive ketones (excluding diaryl/α,β-unsaturated/α-hetero) is 1. The van der Waals surface area contributed by atoms with Gasteiger partial charge in [-0.05, 0) is 43.4 Å². The minimum absolute atomic E-state index is 0.420. The largest absolute Gasteiger partial charge is 0.331 e. The lowest BCUT2D eigenvalue weighted by Gasteiger charge is -2.21. The minimum Gasteiger partial charge on any atom is -0.331 e. The highest BCUT2D eigenvalue weighted by atomic mass is 16.1. The van der Waals surface area contributed by atoms with Crippen LogP contribution in [0, 0.1) is 6.92 Å². The van der Waals surface area contributed by atoms with E-state index >= 15 is 0 Å². The number of aryl methyl sites for hydroxylation is 2. The van der Waals surface area contributed by atoms with Crippen molar-refractivity contribution >= 4 is 16.8 Å². The maximum atomic E-state index is 11.3. The summed E-state index contributed by atoms with van der Waals surface area (Å²) in [5.74, 6) is 2.01. The Morgan fingerprint density at radius 3 is 2.72 bits per heavy atom. The van der Waals surface area contributed by atoms with Gasteiger partial charge in [-0.25, -0.2) is 4.98 Å². The fourth-order valence-electron chi connectivity index (χ4n) is 2.85. The Morgan fingerprint density at radius 1 is 1.28 bits per heavy atom. The van der Waals surface area contributed by atoms with Crippen LogP contribution in [0.3, 0.4) is 0 Å². The summed E-state index contributed by atoms with van der Waals surface area (Å²) in [5.41, 5.74) is 3.62. The number of ketones is 1. The molecule has 3 rings (SSSR count). The molecule has 3 nitrogen and oxygen atoms in total. The standard InChI is InChI=1S/C15H18N2O/c1-10-16-14-8-5-12(9-15(14)17(10)2)11-3-6-13(18)7-4-11/h5,8-9,11H,3-4,6-7H2,1-2H3. The van der Waals surface area contributed by atoms with Crippen molar-refractivity contribution in [1.29, 1.82) is 0 Å². The van der Waals surface area contributed by atoms with Gasteiger partial charge in [-0.1, -0.05) is 6.07 Å². The number of nitrogens with zero attached hydrogens (tertiary/aromatic N) is 2. The molecule has 18 heavy (non-hydrogen) atoms. The van der Waals surface area contributed by atoms with Gasteiger partial charge in [0.05, 0.1) is 11.0 Å². The summed E-state index contributed by atoms with van der Waals surface area (Å²) in [6.07, 6.45) is 3.49. The molecular weight excluding hydrogens is 224 g/mol. The Labute approximate surface area is 107 Å². The van der Waals surface area contributed by atoms with Crippen molar-refractivity contribution in [3.05, 3.63) is 29.6 Å². The third-order valence-corrected chi connectivity index (χ3v) is 4.14. The molecule has 1 aliphatic carbocycles. The highest BCUT2D eigenvalue weighted by Crippen LogP contribution is 2.32. The van der Waals surface area contributed by atoms with Crippen molar-refractivity contribution < 1.29 is 4.79 Å². The van der Waals surface area contributed by atoms with E-state index in [9.17, 15) is 4.79 Å². The van der Waals surface area contributed by atoms with E-state index in [1.807, 2.05) is 6.92 Å². The molecular formula is C15H18N2O. The van der Waals surface area contributed by atoms with Gasteiger partial charge in [0.2, 0.25) is 0 Å². The van der Waals surface area contributed by atoms with Crippen LogP contribution < -0.4 is 0 Å². The monoisotopic (exact) mass is 242 g/mol. The van der Waals surface area contributed by atoms with Gasteiger partial charge in [0.1, 0.15) is 11.6 Å². The zero-order valence-electron chi connectivity index (χ0n) is 10.9. The summed E-state index contributed by atoms with van der Waals surface area (Å²) in [7, 11) is 2.05. The molecule has 0 aliphatic heterocycles. The molecule has 3 heteroatoms. The van der Waals surface area contributed by atoms with Gasteiger partial charge in [-0.15, -0.1) is 0 Å². The second-order valence-corrected chi connectivity index (χ2v) is 5.28. The van der Waals surface area contributed by atoms with Crippen molar-refractivity contribution in [3.63, 3.8) is 0 Å². The van der Waals surface area contributed by atoms with E-state index < -0.39 is 0 Å². The van der Waals surface area contributed by atoms with Crippen LogP contribution in [0.25, 0.3) is 11.0 Å². The molecule has 1 aliphatic rings. The summed E-state index contributed by atoms with van der Waals surface area (Å²) >= 11 is 0. The molecule has 0 atom stereocenters. The number of carbonyl (C=O) groups is 1. The van der Waals surface area contributed by atoms with Gasteiger partial charge < -0.3 is 4.57 Å². The predicted octanol–water partition coefficient (Wildman–Crippen LogP) is 3.11. The highest BCUT2D eigenvalue weighted by molar-refractivity contribution is 5.80. The van der Waals surface area contributed by atoms with Crippen LogP contribution in [0.2, 0.25) is 0 Å². The van der Waals surface area contributed by atoms with Crippen molar-refractivity contribution in [2.45, 2.75) is 38.5 Å². The van der Waals surface area contributed by atoms with Crippen molar-refractivity contribution in [3.8, 4) is 0 Å². The predicted molar refractivity (Wildman–Crippen MR) is 71.7 cm³/mol. The van der Waals surface area contributed by atoms with Crippen LogP contribution >= 0.6 is 0 Å². The molecule has 2 aromatic rings. The van der Waals surface area contributed by atoms with E-state index in [2.05, 4.69) is 34.8 Å². The quantitative estimate of drug-likeness (QED) is 0.770. The van der Waals surface area contributed by atoms with E-state index in [0.717, 1.165) is 37.0 Å². The van der Waals surface area contributed by atoms with E-state index in [0.29, 0.717) is 11.7 Å². The minimum atomic E-state index is 0.420. The highest BCUT2D eigenvalue weighted by Gasteiger charge is 2.20. The molecule has 0 radical (unpaired) electrons. The first-order chi connectivity index (χ1) is 8.65. The number of hydrogen-bond donors (Lipinski definition) is 0. The van der Waals surface area contributed by atoms with Crippen molar-refractivity contribution in [1.82, 2.24) is 9.55 Å². The Morgan fingerprint density at radius 2 is 2.00 bits per heavy atom. The van der Waals surface area contributed by atoms with Crippen LogP contribution in [0.15, 0.2) is 18.2 Å². The molecule has 94 valence electrons. The Bertz CT molecular complexity index is 602. The normalized spacial score (nSPS) is 17.6. The Balaban J connectivity index is 1.97. The number of fused-ring (bicyclic) bond motifs is 1. The number of rotatable bonds is 1. The summed E-state index contributed by atoms with van der Waals surface area (Å²) in [4.78, 5) is 15.8. The van der Waals surface area contributed by atoms with Gasteiger partial charge in [-0.3, -0.25) is 4.79 Å². The molecule has 1 fully saturated rings. The van der Waals surface area contributed by atoms with E-state index in [-0.39, 0.29) is 0 Å². The second kappa shape index (κ2) is 4.23. The molecule has 0 unspecified atom stereocenters. The first-order valence-electron chi connectivity index (χ1n) is 6.60. The molecule has 0 bridgehead atoms. The number of aromatic nitrogens is 2. The lowest BCUT2D eigenvalue weighted by Crippen LogP contribution is -2.12. The number of benzene rings is 1. The zero-order valence-corrected chi connectivity index (χ0v) is 10.9. The molecule has 0 saturated heterocycles. The van der Waals surface area contributed by atoms with E-state index in [4.69, 9.17) is 0 Å². The maximum Gasteiger partial charge on any atom is 0.132 e. The van der Waals surface area contributed by atoms with Crippen molar-refractivity contribution in [2.75, 3.05) is 0 Å². The van der Waals surface area contributed by atoms with Crippen LogP contribution in [0.5, 0.6) is 0 Å². The molecule has 1 aromatic carbocycles. The van der Waals surface area contributed by atoms with Gasteiger partial charge >= 0.3 is 0 Å². The Kier molecular flexibility index (Phi) is 2.69. The fourth-order valence-corrected chi connectivity index (χ4v) is 2.85. The van der Waals surface area contributed by atoms with Crippen LogP contribution in [0.1, 0.15) is 43.0 Å². The molecule has 1 saturated carbocycles. The van der Waals surface area contributed by atoms with Gasteiger partial charge in [0.25, 0.3) is 0 Å². The first-order valence-corrected chi connectivity index (χ1v) is 6.60. The number of imidazole rings is 1. The lowest BCUT2D eigenvalue weighted by molar-refractivity contribution is -0.120. The summed E-state index contributed by atoms with van der Waals surface area (Å²) in [6, 6.07) is 6.53. The smallest absolute Gasteiger partial charge is 0.132 e. The third kappa shape index (κ3) is 1.84. The topological polar surface area (TPSA) is 34.9 Å². The number of hydrogen-bond acceptors (Lipinski definition) is 2. The van der Waals surface area contributed by atoms with Gasteiger partial charge in [0.15, 0.2) is 0 Å². The summed E-state index contributed by atoms with van der Waals surface area (Å²) < 4.78 is 2.13. The molecule has 0 spiro atoms. The first kappa shape index (κ1) is 11.5. The zero-order chi connectivity index (χ0) is 12.7. The van der Waals surface area contributed by atoms with E-state index in [1.54, 1.807) is 0 Å². The lowest BCUT2D eigenvalue weighted by atomic mass is 9.83. The molecule has 1 aromatic heterocycles. The summed E-state index contributed by atoms with van der Waals surface area (Å²) in [6.45, 7) is 2.03. The average molecular weight is 242 g/mol. The van der Waals surface area contributed by atoms with E-state index in [1.165, 1.54) is 11.1 Å². The number of carbonyl (C=O) groups excluding carboxylic acids is 1. The van der Waals surface area contributed by atoms with Crippen molar-refractivity contribution in [2.24, 2.45) is 7.05 Å². The maximum absolute atomic E-state index is 11.3. The molecule has 0 N–H and O–H groups in total. The Hall–Kier alpha value is -1.64. The van der Waals surface area contributed by atoms with Gasteiger partial charge in [-0.2, -0.15) is 0 Å². The SMILES string of the molecule is Cc1nc2ccc(C3CCC(=O)CC3)cc2n1C. The molecule has 0 amide bonds. The summed E-state index contributed by atoms with van der Waals surface area (Å²) in [5, 5.41) is 0. The van der Waals surface area contributed by atoms with Crippen LogP contribution in [-0.4, -0.2) is 15.3 Å². The second-order valence-electron chi connectivity index (χ2n) is 5.28. The third-order valence-electron chi connectivity index (χ3n) is 4.14.